The Morgan fingerprint density at radius 2 is 2.46 bits per heavy atom. The molecule has 0 bridgehead atoms. The van der Waals surface area contributed by atoms with Crippen molar-refractivity contribution in [3.63, 3.8) is 0 Å². The summed E-state index contributed by atoms with van der Waals surface area (Å²) in [6.07, 6.45) is 1.03. The van der Waals surface area contributed by atoms with Gasteiger partial charge < -0.3 is 10.4 Å². The van der Waals surface area contributed by atoms with E-state index in [1.165, 1.54) is 4.88 Å². The molecule has 0 fully saturated rings. The number of hydrogen-bond donors (Lipinski definition) is 2. The Morgan fingerprint density at radius 1 is 1.69 bits per heavy atom. The van der Waals surface area contributed by atoms with Crippen molar-refractivity contribution in [2.24, 2.45) is 0 Å². The maximum Gasteiger partial charge on any atom is 0.0581 e. The summed E-state index contributed by atoms with van der Waals surface area (Å²) in [5.41, 5.74) is 0. The second kappa shape index (κ2) is 5.75. The Labute approximate surface area is 91.1 Å². The lowest BCUT2D eigenvalue weighted by Crippen LogP contribution is -2.30. The van der Waals surface area contributed by atoms with E-state index in [2.05, 4.69) is 32.7 Å². The third-order valence-corrected chi connectivity index (χ3v) is 3.52. The number of hydrogen-bond acceptors (Lipinski definition) is 3. The molecule has 0 radical (unpaired) electrons. The summed E-state index contributed by atoms with van der Waals surface area (Å²) < 4.78 is 1.16. The number of aliphatic hydroxyl groups is 1. The molecule has 0 aliphatic carbocycles. The largest absolute Gasteiger partial charge is 0.395 e. The van der Waals surface area contributed by atoms with Crippen molar-refractivity contribution in [2.75, 3.05) is 13.2 Å². The zero-order chi connectivity index (χ0) is 9.68. The molecule has 0 amide bonds. The predicted molar refractivity (Wildman–Crippen MR) is 60.3 cm³/mol. The summed E-state index contributed by atoms with van der Waals surface area (Å²) in [5, 5.41) is 14.1. The van der Waals surface area contributed by atoms with Gasteiger partial charge in [0.15, 0.2) is 0 Å². The molecule has 0 saturated heterocycles. The van der Waals surface area contributed by atoms with Gasteiger partial charge in [0.05, 0.1) is 6.61 Å². The summed E-state index contributed by atoms with van der Waals surface area (Å²) in [5.74, 6) is 0. The lowest BCUT2D eigenvalue weighted by molar-refractivity contribution is 0.252. The monoisotopic (exact) mass is 263 g/mol. The van der Waals surface area contributed by atoms with Gasteiger partial charge >= 0.3 is 0 Å². The van der Waals surface area contributed by atoms with E-state index >= 15 is 0 Å². The van der Waals surface area contributed by atoms with E-state index in [1.807, 2.05) is 6.92 Å². The van der Waals surface area contributed by atoms with Gasteiger partial charge in [-0.2, -0.15) is 0 Å². The van der Waals surface area contributed by atoms with Crippen molar-refractivity contribution in [1.29, 1.82) is 0 Å². The van der Waals surface area contributed by atoms with Crippen LogP contribution in [0.15, 0.2) is 15.9 Å². The zero-order valence-electron chi connectivity index (χ0n) is 7.59. The Balaban J connectivity index is 2.20. The van der Waals surface area contributed by atoms with E-state index in [4.69, 9.17) is 5.11 Å². The van der Waals surface area contributed by atoms with E-state index < -0.39 is 0 Å². The van der Waals surface area contributed by atoms with Crippen molar-refractivity contribution >= 4 is 27.3 Å². The van der Waals surface area contributed by atoms with Crippen molar-refractivity contribution in [3.05, 3.63) is 20.8 Å². The van der Waals surface area contributed by atoms with E-state index in [-0.39, 0.29) is 12.6 Å². The van der Waals surface area contributed by atoms with Crippen LogP contribution in [0.5, 0.6) is 0 Å². The number of halogens is 1. The van der Waals surface area contributed by atoms with Crippen LogP contribution >= 0.6 is 27.3 Å². The lowest BCUT2D eigenvalue weighted by Gasteiger charge is -2.08. The first-order chi connectivity index (χ1) is 6.22. The second-order valence-corrected chi connectivity index (χ2v) is 4.93. The minimum absolute atomic E-state index is 0.198. The van der Waals surface area contributed by atoms with Gasteiger partial charge in [0, 0.05) is 27.3 Å². The SMILES string of the molecule is CC(CO)NCCc1cc(Br)cs1. The topological polar surface area (TPSA) is 32.3 Å². The van der Waals surface area contributed by atoms with Crippen LogP contribution in [-0.2, 0) is 6.42 Å². The van der Waals surface area contributed by atoms with Gasteiger partial charge in [-0.25, -0.2) is 0 Å². The molecule has 4 heteroatoms. The summed E-state index contributed by atoms with van der Waals surface area (Å²) in [7, 11) is 0. The molecule has 2 N–H and O–H groups in total. The van der Waals surface area contributed by atoms with Gasteiger partial charge in [-0.1, -0.05) is 0 Å². The van der Waals surface area contributed by atoms with Crippen LogP contribution in [-0.4, -0.2) is 24.3 Å². The van der Waals surface area contributed by atoms with Gasteiger partial charge in [-0.3, -0.25) is 0 Å². The number of thiophene rings is 1. The third-order valence-electron chi connectivity index (χ3n) is 1.76. The first-order valence-corrected chi connectivity index (χ1v) is 5.97. The van der Waals surface area contributed by atoms with E-state index in [0.717, 1.165) is 17.4 Å². The van der Waals surface area contributed by atoms with E-state index in [9.17, 15) is 0 Å². The maximum absolute atomic E-state index is 8.77. The molecule has 2 nitrogen and oxygen atoms in total. The van der Waals surface area contributed by atoms with Gasteiger partial charge in [-0.15, -0.1) is 11.3 Å². The standard InChI is InChI=1S/C9H14BrNOS/c1-7(5-12)11-3-2-9-4-8(10)6-13-9/h4,6-7,11-12H,2-3,5H2,1H3. The molecule has 1 atom stereocenters. The van der Waals surface area contributed by atoms with Crippen LogP contribution in [0.4, 0.5) is 0 Å². The van der Waals surface area contributed by atoms with Crippen LogP contribution in [0.2, 0.25) is 0 Å². The van der Waals surface area contributed by atoms with Gasteiger partial charge in [0.2, 0.25) is 0 Å². The molecule has 1 aromatic heterocycles. The van der Waals surface area contributed by atoms with Crippen molar-refractivity contribution < 1.29 is 5.11 Å². The van der Waals surface area contributed by atoms with Crippen molar-refractivity contribution in [1.82, 2.24) is 5.32 Å². The first kappa shape index (κ1) is 11.2. The highest BCUT2D eigenvalue weighted by Crippen LogP contribution is 2.19. The zero-order valence-corrected chi connectivity index (χ0v) is 9.99. The molecule has 1 heterocycles. The Kier molecular flexibility index (Phi) is 4.94. The first-order valence-electron chi connectivity index (χ1n) is 4.29. The van der Waals surface area contributed by atoms with E-state index in [1.54, 1.807) is 11.3 Å². The fourth-order valence-electron chi connectivity index (χ4n) is 0.991. The van der Waals surface area contributed by atoms with Crippen LogP contribution < -0.4 is 5.32 Å². The molecule has 0 saturated carbocycles. The molecule has 13 heavy (non-hydrogen) atoms. The second-order valence-electron chi connectivity index (χ2n) is 3.02. The highest BCUT2D eigenvalue weighted by atomic mass is 79.9. The Morgan fingerprint density at radius 3 is 3.00 bits per heavy atom. The molecule has 1 rings (SSSR count). The molecule has 1 aromatic rings. The van der Waals surface area contributed by atoms with E-state index in [0.29, 0.717) is 0 Å². The fourth-order valence-corrected chi connectivity index (χ4v) is 2.45. The minimum atomic E-state index is 0.198. The molecular weight excluding hydrogens is 250 g/mol. The smallest absolute Gasteiger partial charge is 0.0581 e. The average molecular weight is 264 g/mol. The van der Waals surface area contributed by atoms with Crippen molar-refractivity contribution in [2.45, 2.75) is 19.4 Å². The minimum Gasteiger partial charge on any atom is -0.395 e. The van der Waals surface area contributed by atoms with Gasteiger partial charge in [-0.05, 0) is 35.3 Å². The number of nitrogens with one attached hydrogen (secondary N) is 1. The van der Waals surface area contributed by atoms with Gasteiger partial charge in [0.1, 0.15) is 0 Å². The highest BCUT2D eigenvalue weighted by Gasteiger charge is 2.00. The Hall–Kier alpha value is 0.1000. The average Bonchev–Trinajstić information content (AvgIpc) is 2.51. The molecule has 0 spiro atoms. The highest BCUT2D eigenvalue weighted by molar-refractivity contribution is 9.10. The van der Waals surface area contributed by atoms with Crippen LogP contribution in [0.3, 0.4) is 0 Å². The maximum atomic E-state index is 8.77. The molecule has 1 unspecified atom stereocenters. The molecule has 0 aromatic carbocycles. The molecule has 74 valence electrons. The lowest BCUT2D eigenvalue weighted by atomic mass is 10.3. The quantitative estimate of drug-likeness (QED) is 0.852. The van der Waals surface area contributed by atoms with Crippen LogP contribution in [0.25, 0.3) is 0 Å². The number of rotatable bonds is 5. The fraction of sp³-hybridized carbons (Fsp3) is 0.556. The summed E-state index contributed by atoms with van der Waals surface area (Å²) in [4.78, 5) is 1.37. The normalized spacial score (nSPS) is 13.2. The molecule has 0 aliphatic heterocycles. The summed E-state index contributed by atoms with van der Waals surface area (Å²) >= 11 is 5.18. The summed E-state index contributed by atoms with van der Waals surface area (Å²) in [6, 6.07) is 2.33. The molecule has 0 aliphatic rings. The Bertz CT molecular complexity index is 252. The van der Waals surface area contributed by atoms with Crippen LogP contribution in [0.1, 0.15) is 11.8 Å². The molecular formula is C9H14BrNOS. The predicted octanol–water partition coefficient (Wildman–Crippen LogP) is 2.02. The summed E-state index contributed by atoms with van der Waals surface area (Å²) in [6.45, 7) is 3.10. The van der Waals surface area contributed by atoms with Crippen LogP contribution in [0, 0.1) is 0 Å². The van der Waals surface area contributed by atoms with Gasteiger partial charge in [0.25, 0.3) is 0 Å². The third kappa shape index (κ3) is 4.22. The number of aliphatic hydroxyl groups excluding tert-OH is 1. The van der Waals surface area contributed by atoms with Crippen molar-refractivity contribution in [3.8, 4) is 0 Å².